The van der Waals surface area contributed by atoms with E-state index in [0.717, 1.165) is 12.0 Å². The summed E-state index contributed by atoms with van der Waals surface area (Å²) in [6.45, 7) is 17.2. The van der Waals surface area contributed by atoms with Gasteiger partial charge in [0.25, 0.3) is 0 Å². The second kappa shape index (κ2) is 9.13. The lowest BCUT2D eigenvalue weighted by molar-refractivity contribution is 0.529. The van der Waals surface area contributed by atoms with Crippen LogP contribution in [0.3, 0.4) is 0 Å². The predicted molar refractivity (Wildman–Crippen MR) is 126 cm³/mol. The zero-order valence-electron chi connectivity index (χ0n) is 20.0. The fourth-order valence-corrected chi connectivity index (χ4v) is 3.37. The summed E-state index contributed by atoms with van der Waals surface area (Å²) in [7, 11) is 0. The third-order valence-electron chi connectivity index (χ3n) is 5.44. The predicted octanol–water partition coefficient (Wildman–Crippen LogP) is 7.19. The Labute approximate surface area is 183 Å². The van der Waals surface area contributed by atoms with E-state index in [1.165, 1.54) is 16.7 Å². The molecule has 0 radical (unpaired) electrons. The molecule has 0 saturated carbocycles. The first-order valence-electron chi connectivity index (χ1n) is 10.8. The fraction of sp³-hybridized carbons (Fsp3) is 0.519. The maximum Gasteiger partial charge on any atom is 0.168 e. The highest BCUT2D eigenvalue weighted by Crippen LogP contribution is 2.25. The van der Waals surface area contributed by atoms with E-state index in [-0.39, 0.29) is 16.9 Å². The van der Waals surface area contributed by atoms with E-state index < -0.39 is 5.54 Å². The van der Waals surface area contributed by atoms with Gasteiger partial charge in [-0.3, -0.25) is 0 Å². The van der Waals surface area contributed by atoms with Crippen molar-refractivity contribution in [2.75, 3.05) is 0 Å². The minimum Gasteiger partial charge on any atom is -0.196 e. The van der Waals surface area contributed by atoms with Crippen molar-refractivity contribution in [3.63, 3.8) is 0 Å². The van der Waals surface area contributed by atoms with Crippen molar-refractivity contribution in [3.8, 4) is 6.07 Å². The molecule has 2 atom stereocenters. The van der Waals surface area contributed by atoms with Gasteiger partial charge in [0.1, 0.15) is 0 Å². The first kappa shape index (κ1) is 23.8. The average Bonchev–Trinajstić information content (AvgIpc) is 2.66. The highest BCUT2D eigenvalue weighted by Gasteiger charge is 2.25. The Bertz CT molecular complexity index is 888. The molecule has 2 unspecified atom stereocenters. The van der Waals surface area contributed by atoms with E-state index in [1.54, 1.807) is 0 Å². The first-order valence-corrected chi connectivity index (χ1v) is 10.8. The Morgan fingerprint density at radius 1 is 0.767 bits per heavy atom. The molecule has 0 N–H and O–H groups in total. The minimum absolute atomic E-state index is 0.0291. The van der Waals surface area contributed by atoms with Crippen LogP contribution in [-0.4, -0.2) is 11.6 Å². The van der Waals surface area contributed by atoms with Gasteiger partial charge >= 0.3 is 0 Å². The van der Waals surface area contributed by atoms with Gasteiger partial charge in [-0.05, 0) is 53.4 Å². The zero-order valence-corrected chi connectivity index (χ0v) is 20.0. The van der Waals surface area contributed by atoms with Crippen LogP contribution in [0.5, 0.6) is 0 Å². The molecule has 0 aliphatic rings. The number of rotatable bonds is 6. The van der Waals surface area contributed by atoms with E-state index in [4.69, 9.17) is 0 Å². The number of hydrogen-bond donors (Lipinski definition) is 0. The Kier molecular flexibility index (Phi) is 7.24. The van der Waals surface area contributed by atoms with E-state index in [0.29, 0.717) is 6.42 Å². The molecule has 3 nitrogen and oxygen atoms in total. The van der Waals surface area contributed by atoms with Crippen LogP contribution in [0, 0.1) is 11.3 Å². The second-order valence-corrected chi connectivity index (χ2v) is 10.7. The van der Waals surface area contributed by atoms with Crippen molar-refractivity contribution in [1.82, 2.24) is 0 Å². The minimum atomic E-state index is -0.854. The smallest absolute Gasteiger partial charge is 0.168 e. The SMILES string of the molecule is CC(Cc1ccc(C(C)(C)C)cc1)N=NC(C)(C#N)Cc1ccc(C(C)(C)C)cc1. The van der Waals surface area contributed by atoms with Crippen LogP contribution in [0.1, 0.15) is 77.6 Å². The molecule has 0 aliphatic heterocycles. The molecule has 0 aliphatic carbocycles. The van der Waals surface area contributed by atoms with Crippen molar-refractivity contribution in [3.05, 3.63) is 70.8 Å². The fourth-order valence-electron chi connectivity index (χ4n) is 3.37. The summed E-state index contributed by atoms with van der Waals surface area (Å²) in [5, 5.41) is 18.7. The summed E-state index contributed by atoms with van der Waals surface area (Å²) in [5.41, 5.74) is 4.39. The van der Waals surface area contributed by atoms with Gasteiger partial charge in [-0.2, -0.15) is 15.5 Å². The summed E-state index contributed by atoms with van der Waals surface area (Å²) >= 11 is 0. The molecular formula is C27H37N3. The van der Waals surface area contributed by atoms with E-state index in [2.05, 4.69) is 113 Å². The summed E-state index contributed by atoms with van der Waals surface area (Å²) in [6.07, 6.45) is 1.38. The quantitative estimate of drug-likeness (QED) is 0.471. The highest BCUT2D eigenvalue weighted by molar-refractivity contribution is 5.30. The van der Waals surface area contributed by atoms with Gasteiger partial charge in [0.15, 0.2) is 5.54 Å². The van der Waals surface area contributed by atoms with E-state index in [9.17, 15) is 5.26 Å². The Balaban J connectivity index is 2.03. The van der Waals surface area contributed by atoms with Gasteiger partial charge in [0.2, 0.25) is 0 Å². The summed E-state index contributed by atoms with van der Waals surface area (Å²) in [6, 6.07) is 19.6. The molecule has 0 spiro atoms. The standard InChI is InChI=1S/C27H37N3/c1-20(17-21-9-13-23(14-10-21)25(2,3)4)29-30-27(8,19-28)18-22-11-15-24(16-12-22)26(5,6)7/h9-16,20H,17-18H2,1-8H3. The lowest BCUT2D eigenvalue weighted by Crippen LogP contribution is -2.23. The molecule has 2 aromatic rings. The van der Waals surface area contributed by atoms with Crippen LogP contribution in [-0.2, 0) is 23.7 Å². The number of hydrogen-bond acceptors (Lipinski definition) is 3. The van der Waals surface area contributed by atoms with Gasteiger partial charge < -0.3 is 0 Å². The highest BCUT2D eigenvalue weighted by atomic mass is 15.2. The van der Waals surface area contributed by atoms with Crippen molar-refractivity contribution in [2.45, 2.75) is 90.6 Å². The van der Waals surface area contributed by atoms with Gasteiger partial charge in [0, 0.05) is 6.42 Å². The summed E-state index contributed by atoms with van der Waals surface area (Å²) in [4.78, 5) is 0. The van der Waals surface area contributed by atoms with Crippen LogP contribution in [0.25, 0.3) is 0 Å². The molecule has 0 bridgehead atoms. The summed E-state index contributed by atoms with van der Waals surface area (Å²) < 4.78 is 0. The maximum atomic E-state index is 9.74. The van der Waals surface area contributed by atoms with Crippen LogP contribution < -0.4 is 0 Å². The zero-order chi connectivity index (χ0) is 22.6. The second-order valence-electron chi connectivity index (χ2n) is 10.7. The molecule has 0 aromatic heterocycles. The van der Waals surface area contributed by atoms with Crippen LogP contribution in [0.2, 0.25) is 0 Å². The van der Waals surface area contributed by atoms with Gasteiger partial charge in [-0.1, -0.05) is 90.1 Å². The van der Waals surface area contributed by atoms with E-state index >= 15 is 0 Å². The molecule has 0 heterocycles. The third kappa shape index (κ3) is 6.80. The molecule has 2 rings (SSSR count). The van der Waals surface area contributed by atoms with Crippen LogP contribution >= 0.6 is 0 Å². The molecule has 160 valence electrons. The molecule has 3 heteroatoms. The Hall–Kier alpha value is -2.47. The number of benzene rings is 2. The van der Waals surface area contributed by atoms with Gasteiger partial charge in [0.05, 0.1) is 12.1 Å². The number of azo groups is 1. The first-order chi connectivity index (χ1) is 13.8. The van der Waals surface area contributed by atoms with Crippen molar-refractivity contribution < 1.29 is 0 Å². The lowest BCUT2D eigenvalue weighted by atomic mass is 9.85. The third-order valence-corrected chi connectivity index (χ3v) is 5.44. The number of nitrogens with zero attached hydrogens (tertiary/aromatic N) is 3. The van der Waals surface area contributed by atoms with Crippen LogP contribution in [0.4, 0.5) is 0 Å². The molecule has 0 amide bonds. The molecule has 0 fully saturated rings. The van der Waals surface area contributed by atoms with Gasteiger partial charge in [-0.25, -0.2) is 0 Å². The monoisotopic (exact) mass is 403 g/mol. The molecule has 30 heavy (non-hydrogen) atoms. The lowest BCUT2D eigenvalue weighted by Gasteiger charge is -2.21. The van der Waals surface area contributed by atoms with Gasteiger partial charge in [-0.15, -0.1) is 0 Å². The van der Waals surface area contributed by atoms with Crippen molar-refractivity contribution in [2.24, 2.45) is 10.2 Å². The maximum absolute atomic E-state index is 9.74. The van der Waals surface area contributed by atoms with Crippen molar-refractivity contribution in [1.29, 1.82) is 5.26 Å². The molecule has 0 saturated heterocycles. The average molecular weight is 404 g/mol. The van der Waals surface area contributed by atoms with E-state index in [1.807, 2.05) is 6.92 Å². The van der Waals surface area contributed by atoms with Crippen molar-refractivity contribution >= 4 is 0 Å². The Morgan fingerprint density at radius 3 is 1.60 bits per heavy atom. The topological polar surface area (TPSA) is 48.5 Å². The van der Waals surface area contributed by atoms with Crippen LogP contribution in [0.15, 0.2) is 58.8 Å². The largest absolute Gasteiger partial charge is 0.196 e. The molecular weight excluding hydrogens is 366 g/mol. The Morgan fingerprint density at radius 2 is 1.20 bits per heavy atom. The normalized spacial score (nSPS) is 15.6. The number of nitriles is 1. The summed E-state index contributed by atoms with van der Waals surface area (Å²) in [5.74, 6) is 0. The molecule has 2 aromatic carbocycles.